The second kappa shape index (κ2) is 12.0. The maximum Gasteiger partial charge on any atom is 0.243 e. The summed E-state index contributed by atoms with van der Waals surface area (Å²) in [7, 11) is 0. The summed E-state index contributed by atoms with van der Waals surface area (Å²) in [5, 5.41) is 2.97. The van der Waals surface area contributed by atoms with E-state index in [1.165, 1.54) is 19.3 Å². The highest BCUT2D eigenvalue weighted by Crippen LogP contribution is 2.44. The number of ether oxygens (including phenoxy) is 2. The van der Waals surface area contributed by atoms with Crippen LogP contribution < -0.4 is 11.1 Å². The van der Waals surface area contributed by atoms with E-state index in [1.807, 2.05) is 30.3 Å². The van der Waals surface area contributed by atoms with Crippen LogP contribution in [0.1, 0.15) is 56.9 Å². The van der Waals surface area contributed by atoms with E-state index in [2.05, 4.69) is 5.32 Å². The number of primary amides is 1. The van der Waals surface area contributed by atoms with Crippen LogP contribution in [0.4, 0.5) is 0 Å². The molecule has 35 heavy (non-hydrogen) atoms. The van der Waals surface area contributed by atoms with E-state index in [4.69, 9.17) is 15.2 Å². The Morgan fingerprint density at radius 1 is 1.11 bits per heavy atom. The average molecular weight is 486 g/mol. The lowest BCUT2D eigenvalue weighted by Crippen LogP contribution is -2.51. The SMILES string of the molecule is NC(=O)C1(NC(=O)C(CC(=O)N2CCOCC2)CC2CCCCC2)CC1COCc1ccccc1. The summed E-state index contributed by atoms with van der Waals surface area (Å²) < 4.78 is 11.2. The topological polar surface area (TPSA) is 111 Å². The summed E-state index contributed by atoms with van der Waals surface area (Å²) in [5.41, 5.74) is 5.73. The minimum atomic E-state index is -1.08. The summed E-state index contributed by atoms with van der Waals surface area (Å²) >= 11 is 0. The lowest BCUT2D eigenvalue weighted by Gasteiger charge is -2.31. The van der Waals surface area contributed by atoms with Gasteiger partial charge in [-0.15, -0.1) is 0 Å². The van der Waals surface area contributed by atoms with E-state index >= 15 is 0 Å². The zero-order valence-corrected chi connectivity index (χ0v) is 20.6. The molecular formula is C27H39N3O5. The molecule has 0 bridgehead atoms. The third-order valence-electron chi connectivity index (χ3n) is 7.82. The van der Waals surface area contributed by atoms with Crippen LogP contribution in [0.2, 0.25) is 0 Å². The van der Waals surface area contributed by atoms with Gasteiger partial charge in [-0.2, -0.15) is 0 Å². The third kappa shape index (κ3) is 6.82. The Labute approximate surface area is 207 Å². The Morgan fingerprint density at radius 2 is 1.83 bits per heavy atom. The highest BCUT2D eigenvalue weighted by atomic mass is 16.5. The normalized spacial score (nSPS) is 25.6. The number of nitrogens with one attached hydrogen (secondary N) is 1. The maximum atomic E-state index is 13.5. The predicted molar refractivity (Wildman–Crippen MR) is 131 cm³/mol. The summed E-state index contributed by atoms with van der Waals surface area (Å²) in [4.78, 5) is 40.7. The number of nitrogens with two attached hydrogens (primary N) is 1. The Balaban J connectivity index is 1.36. The molecule has 1 aromatic carbocycles. The molecule has 0 spiro atoms. The number of benzene rings is 1. The molecule has 1 aromatic rings. The summed E-state index contributed by atoms with van der Waals surface area (Å²) in [6.45, 7) is 2.96. The number of hydrogen-bond acceptors (Lipinski definition) is 5. The minimum Gasteiger partial charge on any atom is -0.378 e. The van der Waals surface area contributed by atoms with Crippen molar-refractivity contribution in [2.75, 3.05) is 32.9 Å². The molecule has 3 aliphatic rings. The van der Waals surface area contributed by atoms with E-state index in [0.717, 1.165) is 18.4 Å². The summed E-state index contributed by atoms with van der Waals surface area (Å²) in [5.74, 6) is -0.965. The quantitative estimate of drug-likeness (QED) is 0.500. The molecule has 1 aliphatic heterocycles. The van der Waals surface area contributed by atoms with Crippen molar-refractivity contribution >= 4 is 17.7 Å². The van der Waals surface area contributed by atoms with Crippen molar-refractivity contribution in [2.45, 2.75) is 63.5 Å². The maximum absolute atomic E-state index is 13.5. The first-order valence-electron chi connectivity index (χ1n) is 13.1. The number of amides is 3. The van der Waals surface area contributed by atoms with Crippen molar-refractivity contribution in [1.82, 2.24) is 10.2 Å². The Bertz CT molecular complexity index is 867. The van der Waals surface area contributed by atoms with Gasteiger partial charge in [-0.05, 0) is 24.3 Å². The summed E-state index contributed by atoms with van der Waals surface area (Å²) in [6, 6.07) is 9.82. The number of rotatable bonds is 11. The highest BCUT2D eigenvalue weighted by molar-refractivity contribution is 5.95. The molecule has 3 fully saturated rings. The van der Waals surface area contributed by atoms with E-state index < -0.39 is 17.4 Å². The average Bonchev–Trinajstić information content (AvgIpc) is 3.59. The Morgan fingerprint density at radius 3 is 2.51 bits per heavy atom. The van der Waals surface area contributed by atoms with E-state index in [0.29, 0.717) is 58.3 Å². The van der Waals surface area contributed by atoms with Gasteiger partial charge in [0.1, 0.15) is 5.54 Å². The molecule has 3 N–H and O–H groups in total. The number of carbonyl (C=O) groups is 3. The molecule has 1 heterocycles. The van der Waals surface area contributed by atoms with E-state index in [1.54, 1.807) is 4.90 Å². The van der Waals surface area contributed by atoms with Gasteiger partial charge in [0.25, 0.3) is 0 Å². The first-order valence-corrected chi connectivity index (χ1v) is 13.1. The van der Waals surface area contributed by atoms with Gasteiger partial charge >= 0.3 is 0 Å². The van der Waals surface area contributed by atoms with Crippen LogP contribution in [0.5, 0.6) is 0 Å². The number of carbonyl (C=O) groups excluding carboxylic acids is 3. The summed E-state index contributed by atoms with van der Waals surface area (Å²) in [6.07, 6.45) is 7.05. The predicted octanol–water partition coefficient (Wildman–Crippen LogP) is 2.40. The molecule has 3 amide bonds. The fourth-order valence-electron chi connectivity index (χ4n) is 5.52. The van der Waals surface area contributed by atoms with Crippen LogP contribution in [0.3, 0.4) is 0 Å². The molecule has 2 aliphatic carbocycles. The zero-order valence-electron chi connectivity index (χ0n) is 20.6. The molecule has 0 radical (unpaired) electrons. The van der Waals surface area contributed by atoms with Crippen molar-refractivity contribution in [3.05, 3.63) is 35.9 Å². The van der Waals surface area contributed by atoms with Gasteiger partial charge in [0.15, 0.2) is 0 Å². The molecule has 3 atom stereocenters. The van der Waals surface area contributed by atoms with E-state index in [-0.39, 0.29) is 24.2 Å². The standard InChI is InChI=1S/C27H39N3O5/c28-26(33)27(17-23(27)19-35-18-21-9-5-2-6-10-21)29-25(32)22(15-20-7-3-1-4-8-20)16-24(31)30-11-13-34-14-12-30/h2,5-6,9-10,20,22-23H,1,3-4,7-8,11-19H2,(H2,28,33)(H,29,32). The number of nitrogens with zero attached hydrogens (tertiary/aromatic N) is 1. The van der Waals surface area contributed by atoms with Gasteiger partial charge in [-0.1, -0.05) is 62.4 Å². The fourth-order valence-corrected chi connectivity index (χ4v) is 5.52. The molecule has 1 saturated heterocycles. The second-order valence-electron chi connectivity index (χ2n) is 10.4. The number of morpholine rings is 1. The first-order chi connectivity index (χ1) is 17.0. The van der Waals surface area contributed by atoms with Crippen LogP contribution in [-0.4, -0.2) is 61.1 Å². The van der Waals surface area contributed by atoms with Crippen LogP contribution in [0.25, 0.3) is 0 Å². The Kier molecular flexibility index (Phi) is 8.78. The lowest BCUT2D eigenvalue weighted by atomic mass is 9.81. The monoisotopic (exact) mass is 485 g/mol. The van der Waals surface area contributed by atoms with Gasteiger partial charge in [0, 0.05) is 31.3 Å². The molecule has 192 valence electrons. The van der Waals surface area contributed by atoms with Gasteiger partial charge in [0.2, 0.25) is 17.7 Å². The van der Waals surface area contributed by atoms with Crippen molar-refractivity contribution in [1.29, 1.82) is 0 Å². The van der Waals surface area contributed by atoms with Crippen molar-refractivity contribution in [3.8, 4) is 0 Å². The zero-order chi connectivity index (χ0) is 24.7. The molecule has 8 heteroatoms. The minimum absolute atomic E-state index is 0.0177. The van der Waals surface area contributed by atoms with Crippen molar-refractivity contribution < 1.29 is 23.9 Å². The van der Waals surface area contributed by atoms with Crippen LogP contribution in [0, 0.1) is 17.8 Å². The fraction of sp³-hybridized carbons (Fsp3) is 0.667. The van der Waals surface area contributed by atoms with Gasteiger partial charge in [0.05, 0.1) is 26.4 Å². The van der Waals surface area contributed by atoms with Gasteiger partial charge in [-0.3, -0.25) is 14.4 Å². The highest BCUT2D eigenvalue weighted by Gasteiger charge is 2.60. The Hall–Kier alpha value is -2.45. The smallest absolute Gasteiger partial charge is 0.243 e. The molecule has 8 nitrogen and oxygen atoms in total. The van der Waals surface area contributed by atoms with Crippen molar-refractivity contribution in [2.24, 2.45) is 23.5 Å². The van der Waals surface area contributed by atoms with Crippen LogP contribution >= 0.6 is 0 Å². The lowest BCUT2D eigenvalue weighted by molar-refractivity contribution is -0.140. The molecule has 3 unspecified atom stereocenters. The third-order valence-corrected chi connectivity index (χ3v) is 7.82. The number of hydrogen-bond donors (Lipinski definition) is 2. The van der Waals surface area contributed by atoms with Crippen LogP contribution in [-0.2, 0) is 30.5 Å². The molecule has 2 saturated carbocycles. The molecule has 0 aromatic heterocycles. The largest absolute Gasteiger partial charge is 0.378 e. The van der Waals surface area contributed by atoms with Crippen molar-refractivity contribution in [3.63, 3.8) is 0 Å². The second-order valence-corrected chi connectivity index (χ2v) is 10.4. The molecule has 4 rings (SSSR count). The first kappa shape index (κ1) is 25.6. The van der Waals surface area contributed by atoms with E-state index in [9.17, 15) is 14.4 Å². The van der Waals surface area contributed by atoms with Gasteiger partial charge in [-0.25, -0.2) is 0 Å². The van der Waals surface area contributed by atoms with Crippen LogP contribution in [0.15, 0.2) is 30.3 Å². The molecular weight excluding hydrogens is 446 g/mol. The van der Waals surface area contributed by atoms with Gasteiger partial charge < -0.3 is 25.4 Å².